The molecule has 0 fully saturated rings. The van der Waals surface area contributed by atoms with Crippen LogP contribution in [-0.4, -0.2) is 30.3 Å². The number of benzene rings is 1. The van der Waals surface area contributed by atoms with Crippen molar-refractivity contribution >= 4 is 23.4 Å². The summed E-state index contributed by atoms with van der Waals surface area (Å²) in [5.41, 5.74) is -2.09. The molecule has 0 unspecified atom stereocenters. The number of alkyl halides is 3. The highest BCUT2D eigenvalue weighted by Crippen LogP contribution is 2.29. The van der Waals surface area contributed by atoms with Crippen LogP contribution in [0.1, 0.15) is 29.3 Å². The molecule has 0 bridgehead atoms. The number of carbonyl (C=O) groups is 1. The minimum absolute atomic E-state index is 0.0237. The molecule has 0 atom stereocenters. The van der Waals surface area contributed by atoms with Gasteiger partial charge in [0, 0.05) is 24.5 Å². The van der Waals surface area contributed by atoms with Crippen LogP contribution in [0.4, 0.5) is 18.9 Å². The molecule has 3 nitrogen and oxygen atoms in total. The quantitative estimate of drug-likeness (QED) is 0.751. The minimum atomic E-state index is -4.26. The van der Waals surface area contributed by atoms with Crippen LogP contribution in [0, 0.1) is 6.92 Å². The summed E-state index contributed by atoms with van der Waals surface area (Å²) in [5.74, 6) is -0.560. The van der Waals surface area contributed by atoms with Gasteiger partial charge in [0.25, 0.3) is 5.91 Å². The highest BCUT2D eigenvalue weighted by Gasteiger charge is 2.27. The maximum atomic E-state index is 12.0. The molecule has 0 saturated heterocycles. The summed E-state index contributed by atoms with van der Waals surface area (Å²) in [7, 11) is 0. The summed E-state index contributed by atoms with van der Waals surface area (Å²) in [6.45, 7) is 4.63. The molecule has 2 N–H and O–H groups in total. The molecule has 0 heterocycles. The van der Waals surface area contributed by atoms with E-state index in [4.69, 9.17) is 0 Å². The Balaban J connectivity index is 2.60. The Labute approximate surface area is 126 Å². The first-order valence-electron chi connectivity index (χ1n) is 6.67. The van der Waals surface area contributed by atoms with Crippen molar-refractivity contribution in [3.63, 3.8) is 0 Å². The molecular formula is C14H19F3N2OS. The fraction of sp³-hybridized carbons (Fsp3) is 0.500. The van der Waals surface area contributed by atoms with Crippen molar-refractivity contribution in [1.82, 2.24) is 5.32 Å². The van der Waals surface area contributed by atoms with Crippen LogP contribution in [0.5, 0.6) is 0 Å². The maximum Gasteiger partial charge on any atom is 0.441 e. The van der Waals surface area contributed by atoms with Crippen LogP contribution in [-0.2, 0) is 0 Å². The molecule has 1 aromatic carbocycles. The van der Waals surface area contributed by atoms with E-state index in [-0.39, 0.29) is 30.0 Å². The summed E-state index contributed by atoms with van der Waals surface area (Å²) >= 11 is -0.139. The molecule has 0 aromatic heterocycles. The van der Waals surface area contributed by atoms with E-state index in [1.165, 1.54) is 0 Å². The number of nitrogens with one attached hydrogen (secondary N) is 2. The second-order valence-electron chi connectivity index (χ2n) is 4.53. The molecule has 1 rings (SSSR count). The van der Waals surface area contributed by atoms with E-state index in [1.54, 1.807) is 12.1 Å². The van der Waals surface area contributed by atoms with E-state index in [0.29, 0.717) is 11.3 Å². The van der Waals surface area contributed by atoms with E-state index in [0.717, 1.165) is 18.5 Å². The van der Waals surface area contributed by atoms with E-state index in [2.05, 4.69) is 10.6 Å². The number of amides is 1. The fourth-order valence-corrected chi connectivity index (χ4v) is 2.12. The summed E-state index contributed by atoms with van der Waals surface area (Å²) in [5, 5.41) is 5.66. The Bertz CT molecular complexity index is 478. The number of anilines is 1. The Morgan fingerprint density at radius 3 is 2.62 bits per heavy atom. The lowest BCUT2D eigenvalue weighted by Gasteiger charge is -2.13. The molecule has 7 heteroatoms. The molecule has 0 spiro atoms. The predicted molar refractivity (Wildman–Crippen MR) is 80.8 cm³/mol. The van der Waals surface area contributed by atoms with Gasteiger partial charge in [0.1, 0.15) is 0 Å². The number of hydrogen-bond acceptors (Lipinski definition) is 3. The predicted octanol–water partition coefficient (Wildman–Crippen LogP) is 3.80. The maximum absolute atomic E-state index is 12.0. The topological polar surface area (TPSA) is 41.1 Å². The van der Waals surface area contributed by atoms with Crippen molar-refractivity contribution in [3.8, 4) is 0 Å². The lowest BCUT2D eigenvalue weighted by atomic mass is 10.1. The number of thioether (sulfide) groups is 1. The van der Waals surface area contributed by atoms with Crippen molar-refractivity contribution in [3.05, 3.63) is 29.3 Å². The van der Waals surface area contributed by atoms with Gasteiger partial charge in [0.05, 0.1) is 5.56 Å². The average molecular weight is 320 g/mol. The fourth-order valence-electron chi connectivity index (χ4n) is 1.69. The zero-order valence-corrected chi connectivity index (χ0v) is 12.8. The largest absolute Gasteiger partial charge is 0.441 e. The van der Waals surface area contributed by atoms with Crippen molar-refractivity contribution in [2.75, 3.05) is 24.2 Å². The number of aryl methyl sites for hydroxylation is 1. The number of halogens is 3. The van der Waals surface area contributed by atoms with Crippen LogP contribution >= 0.6 is 11.8 Å². The van der Waals surface area contributed by atoms with Gasteiger partial charge < -0.3 is 10.6 Å². The third-order valence-corrected chi connectivity index (χ3v) is 3.37. The van der Waals surface area contributed by atoms with E-state index in [9.17, 15) is 18.0 Å². The monoisotopic (exact) mass is 320 g/mol. The average Bonchev–Trinajstić information content (AvgIpc) is 2.40. The Morgan fingerprint density at radius 1 is 1.29 bits per heavy atom. The van der Waals surface area contributed by atoms with Gasteiger partial charge in [-0.1, -0.05) is 13.0 Å². The van der Waals surface area contributed by atoms with Crippen molar-refractivity contribution in [2.45, 2.75) is 25.8 Å². The zero-order valence-electron chi connectivity index (χ0n) is 12.0. The number of hydrogen-bond donors (Lipinski definition) is 2. The van der Waals surface area contributed by atoms with E-state index in [1.807, 2.05) is 19.9 Å². The molecular weight excluding hydrogens is 301 g/mol. The normalized spacial score (nSPS) is 11.3. The first-order chi connectivity index (χ1) is 9.83. The molecule has 0 radical (unpaired) electrons. The van der Waals surface area contributed by atoms with Gasteiger partial charge in [-0.25, -0.2) is 0 Å². The lowest BCUT2D eigenvalue weighted by Crippen LogP contribution is -2.27. The van der Waals surface area contributed by atoms with Gasteiger partial charge in [-0.05, 0) is 42.8 Å². The molecule has 0 aliphatic rings. The Morgan fingerprint density at radius 2 is 2.00 bits per heavy atom. The SMILES string of the molecule is CCCNc1cc(C)ccc1C(=O)NCCSC(F)(F)F. The third-order valence-electron chi connectivity index (χ3n) is 2.64. The van der Waals surface area contributed by atoms with Gasteiger partial charge in [-0.15, -0.1) is 0 Å². The molecule has 0 aliphatic heterocycles. The van der Waals surface area contributed by atoms with Crippen LogP contribution < -0.4 is 10.6 Å². The van der Waals surface area contributed by atoms with E-state index < -0.39 is 5.51 Å². The third kappa shape index (κ3) is 6.75. The number of rotatable bonds is 7. The standard InChI is InChI=1S/C14H19F3N2OS/c1-3-6-18-12-9-10(2)4-5-11(12)13(20)19-7-8-21-14(15,16)17/h4-5,9,18H,3,6-8H2,1-2H3,(H,19,20). The van der Waals surface area contributed by atoms with Crippen LogP contribution in [0.25, 0.3) is 0 Å². The molecule has 0 saturated carbocycles. The second-order valence-corrected chi connectivity index (χ2v) is 5.69. The first kappa shape index (κ1) is 17.7. The molecule has 118 valence electrons. The van der Waals surface area contributed by atoms with Crippen LogP contribution in [0.3, 0.4) is 0 Å². The Kier molecular flexibility index (Phi) is 6.87. The van der Waals surface area contributed by atoms with Crippen molar-refractivity contribution < 1.29 is 18.0 Å². The second kappa shape index (κ2) is 8.17. The summed E-state index contributed by atoms with van der Waals surface area (Å²) in [6.07, 6.45) is 0.914. The lowest BCUT2D eigenvalue weighted by molar-refractivity contribution is -0.0327. The highest BCUT2D eigenvalue weighted by molar-refractivity contribution is 8.00. The molecule has 0 aliphatic carbocycles. The van der Waals surface area contributed by atoms with E-state index >= 15 is 0 Å². The van der Waals surface area contributed by atoms with Crippen LogP contribution in [0.15, 0.2) is 18.2 Å². The van der Waals surface area contributed by atoms with Gasteiger partial charge in [0.2, 0.25) is 0 Å². The van der Waals surface area contributed by atoms with Gasteiger partial charge >= 0.3 is 5.51 Å². The summed E-state index contributed by atoms with van der Waals surface area (Å²) in [4.78, 5) is 12.0. The highest BCUT2D eigenvalue weighted by atomic mass is 32.2. The van der Waals surface area contributed by atoms with Crippen molar-refractivity contribution in [2.24, 2.45) is 0 Å². The van der Waals surface area contributed by atoms with Crippen LogP contribution in [0.2, 0.25) is 0 Å². The first-order valence-corrected chi connectivity index (χ1v) is 7.65. The Hall–Kier alpha value is -1.37. The molecule has 21 heavy (non-hydrogen) atoms. The minimum Gasteiger partial charge on any atom is -0.384 e. The van der Waals surface area contributed by atoms with Crippen molar-refractivity contribution in [1.29, 1.82) is 0 Å². The van der Waals surface area contributed by atoms with Gasteiger partial charge in [0.15, 0.2) is 0 Å². The molecule has 1 amide bonds. The van der Waals surface area contributed by atoms with Gasteiger partial charge in [-0.2, -0.15) is 13.2 Å². The smallest absolute Gasteiger partial charge is 0.384 e. The van der Waals surface area contributed by atoms with Gasteiger partial charge in [-0.3, -0.25) is 4.79 Å². The number of carbonyl (C=O) groups excluding carboxylic acids is 1. The molecule has 1 aromatic rings. The zero-order chi connectivity index (χ0) is 15.9. The summed E-state index contributed by atoms with van der Waals surface area (Å²) < 4.78 is 36.0. The summed E-state index contributed by atoms with van der Waals surface area (Å²) in [6, 6.07) is 5.34.